The second-order valence-corrected chi connectivity index (χ2v) is 7.58. The highest BCUT2D eigenvalue weighted by molar-refractivity contribution is 6.37. The molecule has 1 aromatic carbocycles. The highest BCUT2D eigenvalue weighted by Crippen LogP contribution is 2.60. The molecule has 4 aliphatic heterocycles. The van der Waals surface area contributed by atoms with E-state index in [0.717, 1.165) is 0 Å². The van der Waals surface area contributed by atoms with Gasteiger partial charge in [-0.2, -0.15) is 0 Å². The fourth-order valence-electron chi connectivity index (χ4n) is 4.80. The smallest absolute Gasteiger partial charge is 0.406 e. The van der Waals surface area contributed by atoms with Gasteiger partial charge in [0.05, 0.1) is 24.5 Å². The number of rotatable bonds is 4. The van der Waals surface area contributed by atoms with Crippen molar-refractivity contribution in [2.24, 2.45) is 5.41 Å². The van der Waals surface area contributed by atoms with Gasteiger partial charge >= 0.3 is 17.7 Å². The summed E-state index contributed by atoms with van der Waals surface area (Å²) < 4.78 is 34.1. The zero-order valence-corrected chi connectivity index (χ0v) is 16.8. The monoisotopic (exact) mass is 435 g/mol. The van der Waals surface area contributed by atoms with Gasteiger partial charge in [0.1, 0.15) is 12.2 Å². The number of ether oxygens (including phenoxy) is 6. The van der Waals surface area contributed by atoms with Crippen molar-refractivity contribution in [1.29, 1.82) is 0 Å². The zero-order valence-electron chi connectivity index (χ0n) is 16.8. The van der Waals surface area contributed by atoms with Crippen molar-refractivity contribution in [1.82, 2.24) is 0 Å². The topological polar surface area (TPSA) is 125 Å². The van der Waals surface area contributed by atoms with Gasteiger partial charge in [0, 0.05) is 12.7 Å². The molecule has 3 fully saturated rings. The van der Waals surface area contributed by atoms with Gasteiger partial charge in [-0.3, -0.25) is 10.0 Å². The van der Waals surface area contributed by atoms with Crippen LogP contribution >= 0.6 is 0 Å². The van der Waals surface area contributed by atoms with Gasteiger partial charge < -0.3 is 33.3 Å². The van der Waals surface area contributed by atoms with Crippen molar-refractivity contribution in [3.05, 3.63) is 41.1 Å². The van der Waals surface area contributed by atoms with Crippen LogP contribution in [0.3, 0.4) is 0 Å². The van der Waals surface area contributed by atoms with Crippen LogP contribution in [0.4, 0.5) is 0 Å². The lowest BCUT2D eigenvalue weighted by molar-refractivity contribution is -0.772. The van der Waals surface area contributed by atoms with Gasteiger partial charge in [-0.25, -0.2) is 4.79 Å². The molecule has 5 rings (SSSR count). The van der Waals surface area contributed by atoms with Gasteiger partial charge in [-0.1, -0.05) is 30.3 Å². The standard InChI is InChI=1S/C20H21NO10/c1-3-26-16(23)14-19-9-13(22)30-20(19,31-21(14)24)15-12(28-18(19)25-2)10-27-17(29-15)11-7-5-4-6-8-11/h4-8,12,15,17-18H,3,9-10H2,1-2H3/t12-,15-,17?,18+,19+,20-/m1/s1. The van der Waals surface area contributed by atoms with E-state index in [1.165, 1.54) is 7.11 Å². The summed E-state index contributed by atoms with van der Waals surface area (Å²) in [6.07, 6.45) is -4.31. The van der Waals surface area contributed by atoms with Crippen LogP contribution in [0.2, 0.25) is 0 Å². The summed E-state index contributed by atoms with van der Waals surface area (Å²) in [7, 11) is 1.33. The first-order valence-electron chi connectivity index (χ1n) is 9.90. The van der Waals surface area contributed by atoms with Gasteiger partial charge in [0.25, 0.3) is 5.79 Å². The molecular formula is C20H21NO10. The maximum atomic E-state index is 12.8. The first-order chi connectivity index (χ1) is 15.0. The summed E-state index contributed by atoms with van der Waals surface area (Å²) in [6, 6.07) is 9.11. The lowest BCUT2D eigenvalue weighted by Gasteiger charge is -2.53. The number of hydrogen-bond donors (Lipinski definition) is 0. The van der Waals surface area contributed by atoms with E-state index in [9.17, 15) is 14.8 Å². The molecule has 166 valence electrons. The van der Waals surface area contributed by atoms with Gasteiger partial charge in [0.2, 0.25) is 0 Å². The number of fused-ring (bicyclic) bond motifs is 1. The number of carbonyl (C=O) groups is 2. The van der Waals surface area contributed by atoms with Crippen molar-refractivity contribution in [2.45, 2.75) is 43.9 Å². The average molecular weight is 435 g/mol. The van der Waals surface area contributed by atoms with Crippen LogP contribution < -0.4 is 0 Å². The number of methoxy groups -OCH3 is 1. The highest BCUT2D eigenvalue weighted by atomic mass is 16.9. The minimum atomic E-state index is -1.98. The molecule has 4 aliphatic rings. The summed E-state index contributed by atoms with van der Waals surface area (Å²) in [6.45, 7) is 1.66. The van der Waals surface area contributed by atoms with Crippen LogP contribution in [0, 0.1) is 10.6 Å². The SMILES string of the molecule is CCOC(=O)C1=[N+]([O-])O[C@@]23OC(=O)C[C@@]12[C@@H](OC)O[C@@H]1COC(c2ccccc2)O[C@H]13. The average Bonchev–Trinajstić information content (AvgIpc) is 3.19. The van der Waals surface area contributed by atoms with Crippen LogP contribution in [0.5, 0.6) is 0 Å². The Kier molecular flexibility index (Phi) is 4.66. The summed E-state index contributed by atoms with van der Waals surface area (Å²) >= 11 is 0. The summed E-state index contributed by atoms with van der Waals surface area (Å²) in [5, 5.41) is 12.8. The Bertz CT molecular complexity index is 935. The van der Waals surface area contributed by atoms with E-state index in [0.29, 0.717) is 5.56 Å². The van der Waals surface area contributed by atoms with Gasteiger partial charge in [-0.15, -0.1) is 0 Å². The van der Waals surface area contributed by atoms with Crippen LogP contribution in [-0.2, 0) is 42.8 Å². The van der Waals surface area contributed by atoms with E-state index in [4.69, 9.17) is 33.3 Å². The molecule has 1 aromatic rings. The summed E-state index contributed by atoms with van der Waals surface area (Å²) in [4.78, 5) is 30.9. The van der Waals surface area contributed by atoms with Crippen LogP contribution in [-0.4, -0.2) is 67.2 Å². The molecule has 0 N–H and O–H groups in total. The number of benzene rings is 1. The first kappa shape index (κ1) is 20.2. The summed E-state index contributed by atoms with van der Waals surface area (Å²) in [5.74, 6) is -3.62. The third-order valence-corrected chi connectivity index (χ3v) is 5.98. The maximum absolute atomic E-state index is 12.8. The van der Waals surface area contributed by atoms with E-state index < -0.39 is 53.6 Å². The third kappa shape index (κ3) is 2.64. The van der Waals surface area contributed by atoms with Crippen molar-refractivity contribution in [3.8, 4) is 0 Å². The molecule has 4 heterocycles. The van der Waals surface area contributed by atoms with E-state index in [1.807, 2.05) is 30.3 Å². The Morgan fingerprint density at radius 1 is 1.29 bits per heavy atom. The Balaban J connectivity index is 1.60. The predicted molar refractivity (Wildman–Crippen MR) is 97.9 cm³/mol. The number of nitrogens with zero attached hydrogens (tertiary/aromatic N) is 1. The molecule has 0 saturated carbocycles. The van der Waals surface area contributed by atoms with Crippen molar-refractivity contribution in [3.63, 3.8) is 0 Å². The molecule has 31 heavy (non-hydrogen) atoms. The largest absolute Gasteiger partial charge is 0.458 e. The number of carbonyl (C=O) groups excluding carboxylic acids is 2. The molecule has 6 atom stereocenters. The van der Waals surface area contributed by atoms with Crippen molar-refractivity contribution in [2.75, 3.05) is 20.3 Å². The molecule has 0 aromatic heterocycles. The maximum Gasteiger partial charge on any atom is 0.406 e. The molecule has 0 bridgehead atoms. The molecular weight excluding hydrogens is 414 g/mol. The Labute approximate surface area is 176 Å². The minimum Gasteiger partial charge on any atom is -0.458 e. The quantitative estimate of drug-likeness (QED) is 0.489. The Morgan fingerprint density at radius 2 is 2.06 bits per heavy atom. The third-order valence-electron chi connectivity index (χ3n) is 5.98. The minimum absolute atomic E-state index is 0.0129. The van der Waals surface area contributed by atoms with E-state index >= 15 is 0 Å². The van der Waals surface area contributed by atoms with Gasteiger partial charge in [-0.05, 0) is 6.92 Å². The molecule has 0 spiro atoms. The van der Waals surface area contributed by atoms with Crippen LogP contribution in [0.15, 0.2) is 30.3 Å². The number of esters is 2. The van der Waals surface area contributed by atoms with E-state index in [2.05, 4.69) is 0 Å². The molecule has 11 nitrogen and oxygen atoms in total. The molecule has 3 saturated heterocycles. The fraction of sp³-hybridized carbons (Fsp3) is 0.550. The molecule has 0 amide bonds. The second-order valence-electron chi connectivity index (χ2n) is 7.58. The summed E-state index contributed by atoms with van der Waals surface area (Å²) in [5.41, 5.74) is -1.46. The molecule has 0 aliphatic carbocycles. The molecule has 11 heteroatoms. The molecule has 0 radical (unpaired) electrons. The Hall–Kier alpha value is -2.73. The number of hydrogen-bond acceptors (Lipinski definition) is 10. The van der Waals surface area contributed by atoms with E-state index in [1.54, 1.807) is 6.92 Å². The van der Waals surface area contributed by atoms with Gasteiger partial charge in [0.15, 0.2) is 18.0 Å². The lowest BCUT2D eigenvalue weighted by Crippen LogP contribution is -2.72. The molecule has 1 unspecified atom stereocenters. The first-order valence-corrected chi connectivity index (χ1v) is 9.90. The van der Waals surface area contributed by atoms with Crippen molar-refractivity contribution >= 4 is 17.7 Å². The normalized spacial score (nSPS) is 38.6. The fourth-order valence-corrected chi connectivity index (χ4v) is 4.80. The Morgan fingerprint density at radius 3 is 2.77 bits per heavy atom. The highest BCUT2D eigenvalue weighted by Gasteiger charge is 2.84. The van der Waals surface area contributed by atoms with Crippen molar-refractivity contribution < 1.29 is 47.7 Å². The van der Waals surface area contributed by atoms with Crippen LogP contribution in [0.25, 0.3) is 0 Å². The zero-order chi connectivity index (χ0) is 21.8. The lowest BCUT2D eigenvalue weighted by atomic mass is 9.68. The predicted octanol–water partition coefficient (Wildman–Crippen LogP) is 0.561. The second kappa shape index (κ2) is 7.16. The van der Waals surface area contributed by atoms with E-state index in [-0.39, 0.29) is 24.5 Å². The van der Waals surface area contributed by atoms with Crippen LogP contribution in [0.1, 0.15) is 25.2 Å².